The number of thioether (sulfide) groups is 1. The van der Waals surface area contributed by atoms with Crippen molar-refractivity contribution in [1.29, 1.82) is 0 Å². The van der Waals surface area contributed by atoms with E-state index in [9.17, 15) is 18.0 Å². The lowest BCUT2D eigenvalue weighted by atomic mass is 10.1. The molecule has 11 heteroatoms. The number of hydrogen-bond donors (Lipinski definition) is 2. The van der Waals surface area contributed by atoms with E-state index < -0.39 is 27.8 Å². The summed E-state index contributed by atoms with van der Waals surface area (Å²) in [6, 6.07) is 0.775. The van der Waals surface area contributed by atoms with E-state index in [1.54, 1.807) is 20.8 Å². The van der Waals surface area contributed by atoms with Gasteiger partial charge in [0.15, 0.2) is 5.78 Å². The molecular formula is C17H27N3O5S3. The number of hydrogen-bond acceptors (Lipinski definition) is 8. The molecule has 28 heavy (non-hydrogen) atoms. The highest BCUT2D eigenvalue weighted by atomic mass is 32.3. The Morgan fingerprint density at radius 2 is 2.11 bits per heavy atom. The van der Waals surface area contributed by atoms with Gasteiger partial charge in [0.2, 0.25) is 10.0 Å². The highest BCUT2D eigenvalue weighted by Gasteiger charge is 2.34. The van der Waals surface area contributed by atoms with Crippen molar-refractivity contribution >= 4 is 45.0 Å². The Balaban J connectivity index is 2.06. The van der Waals surface area contributed by atoms with E-state index >= 15 is 0 Å². The molecule has 2 heterocycles. The second-order valence-corrected chi connectivity index (χ2v) is 11.8. The fraction of sp³-hybridized carbons (Fsp3) is 0.647. The van der Waals surface area contributed by atoms with Gasteiger partial charge in [0, 0.05) is 23.9 Å². The molecule has 2 unspecified atom stereocenters. The monoisotopic (exact) mass is 449 g/mol. The van der Waals surface area contributed by atoms with Crippen LogP contribution in [0, 0.1) is 0 Å². The predicted octanol–water partition coefficient (Wildman–Crippen LogP) is 2.29. The van der Waals surface area contributed by atoms with Crippen molar-refractivity contribution < 1.29 is 22.7 Å². The number of Topliss-reactive ketones (excluding diaryl/α,β-unsaturated/α-hetero) is 1. The standard InChI is InChI=1S/C17H27N3O5S3/c1-6-10(19-16(22)25-17(2,3)4)8-20(5)12-9-26-15-11(14(12)21)7-13(27-15)28(18,23)24/h7,10,12H,6,8-9H2,1-5H3,(H,19,22)(H2,18,23,24). The van der Waals surface area contributed by atoms with Crippen molar-refractivity contribution in [2.45, 2.75) is 60.2 Å². The molecule has 8 nitrogen and oxygen atoms in total. The lowest BCUT2D eigenvalue weighted by Gasteiger charge is -2.32. The third kappa shape index (κ3) is 5.93. The van der Waals surface area contributed by atoms with Crippen LogP contribution in [0.5, 0.6) is 0 Å². The summed E-state index contributed by atoms with van der Waals surface area (Å²) in [6.45, 7) is 7.81. The molecule has 1 aliphatic rings. The first-order valence-corrected chi connectivity index (χ1v) is 12.2. The van der Waals surface area contributed by atoms with Crippen LogP contribution in [0.1, 0.15) is 44.5 Å². The molecule has 2 rings (SSSR count). The summed E-state index contributed by atoms with van der Waals surface area (Å²) < 4.78 is 29.1. The minimum atomic E-state index is -3.83. The van der Waals surface area contributed by atoms with Gasteiger partial charge >= 0.3 is 6.09 Å². The van der Waals surface area contributed by atoms with Gasteiger partial charge in [-0.2, -0.15) is 0 Å². The Labute approximate surface area is 174 Å². The Bertz CT molecular complexity index is 845. The second-order valence-electron chi connectivity index (χ2n) is 7.69. The van der Waals surface area contributed by atoms with Crippen LogP contribution in [0.25, 0.3) is 0 Å². The summed E-state index contributed by atoms with van der Waals surface area (Å²) in [4.78, 5) is 26.8. The second kappa shape index (κ2) is 8.70. The summed E-state index contributed by atoms with van der Waals surface area (Å²) in [5.74, 6) is 0.380. The Morgan fingerprint density at radius 3 is 2.64 bits per heavy atom. The lowest BCUT2D eigenvalue weighted by Crippen LogP contribution is -2.50. The van der Waals surface area contributed by atoms with E-state index in [2.05, 4.69) is 5.32 Å². The third-order valence-corrected chi connectivity index (χ3v) is 8.07. The number of nitrogens with one attached hydrogen (secondary N) is 1. The SMILES string of the molecule is CCC(CN(C)C1CSc2sc(S(N)(=O)=O)cc2C1=O)NC(=O)OC(C)(C)C. The average molecular weight is 450 g/mol. The molecule has 158 valence electrons. The molecule has 2 atom stereocenters. The quantitative estimate of drug-likeness (QED) is 0.684. The molecule has 0 saturated heterocycles. The van der Waals surface area contributed by atoms with Gasteiger partial charge in [-0.15, -0.1) is 23.1 Å². The molecule has 3 N–H and O–H groups in total. The number of amides is 1. The highest BCUT2D eigenvalue weighted by molar-refractivity contribution is 8.01. The molecule has 0 radical (unpaired) electrons. The predicted molar refractivity (Wildman–Crippen MR) is 111 cm³/mol. The van der Waals surface area contributed by atoms with Crippen molar-refractivity contribution in [3.05, 3.63) is 11.6 Å². The molecule has 0 fully saturated rings. The first kappa shape index (κ1) is 23.1. The molecule has 1 aromatic rings. The topological polar surface area (TPSA) is 119 Å². The van der Waals surface area contributed by atoms with Gasteiger partial charge in [0.05, 0.1) is 10.3 Å². The summed E-state index contributed by atoms with van der Waals surface area (Å²) in [5.41, 5.74) is -0.184. The fourth-order valence-corrected chi connectivity index (χ4v) is 6.26. The third-order valence-electron chi connectivity index (χ3n) is 4.15. The fourth-order valence-electron chi connectivity index (χ4n) is 2.73. The van der Waals surface area contributed by atoms with Crippen LogP contribution in [-0.2, 0) is 14.8 Å². The number of carbonyl (C=O) groups is 2. The van der Waals surface area contributed by atoms with Crippen LogP contribution < -0.4 is 10.5 Å². The van der Waals surface area contributed by atoms with Crippen LogP contribution in [0.4, 0.5) is 4.79 Å². The number of nitrogens with two attached hydrogens (primary N) is 1. The number of alkyl carbamates (subject to hydrolysis) is 1. The molecule has 0 bridgehead atoms. The smallest absolute Gasteiger partial charge is 0.407 e. The Kier molecular flexibility index (Phi) is 7.19. The number of primary sulfonamides is 1. The maximum Gasteiger partial charge on any atom is 0.407 e. The minimum Gasteiger partial charge on any atom is -0.444 e. The van der Waals surface area contributed by atoms with E-state index in [-0.39, 0.29) is 16.0 Å². The average Bonchev–Trinajstić information content (AvgIpc) is 2.98. The lowest BCUT2D eigenvalue weighted by molar-refractivity contribution is 0.0489. The number of sulfonamides is 1. The first-order valence-electron chi connectivity index (χ1n) is 8.85. The largest absolute Gasteiger partial charge is 0.444 e. The van der Waals surface area contributed by atoms with E-state index in [4.69, 9.17) is 9.88 Å². The molecular weight excluding hydrogens is 422 g/mol. The van der Waals surface area contributed by atoms with Crippen LogP contribution in [-0.4, -0.2) is 62.2 Å². The summed E-state index contributed by atoms with van der Waals surface area (Å²) in [6.07, 6.45) is 0.187. The maximum absolute atomic E-state index is 12.9. The number of nitrogens with zero attached hydrogens (tertiary/aromatic N) is 1. The van der Waals surface area contributed by atoms with E-state index in [1.165, 1.54) is 17.8 Å². The first-order chi connectivity index (χ1) is 12.8. The van der Waals surface area contributed by atoms with Gasteiger partial charge in [-0.3, -0.25) is 9.69 Å². The summed E-state index contributed by atoms with van der Waals surface area (Å²) in [7, 11) is -2.01. The summed E-state index contributed by atoms with van der Waals surface area (Å²) in [5, 5.41) is 8.02. The zero-order valence-electron chi connectivity index (χ0n) is 16.6. The molecule has 1 aliphatic heterocycles. The van der Waals surface area contributed by atoms with Gasteiger partial charge in [-0.25, -0.2) is 18.4 Å². The zero-order chi connectivity index (χ0) is 21.3. The van der Waals surface area contributed by atoms with Gasteiger partial charge in [0.25, 0.3) is 0 Å². The van der Waals surface area contributed by atoms with Gasteiger partial charge in [0.1, 0.15) is 9.81 Å². The normalized spacial score (nSPS) is 18.7. The number of fused-ring (bicyclic) bond motifs is 1. The van der Waals surface area contributed by atoms with Crippen molar-refractivity contribution in [3.8, 4) is 0 Å². The minimum absolute atomic E-state index is 0.000296. The number of thiophene rings is 1. The van der Waals surface area contributed by atoms with Crippen LogP contribution in [0.3, 0.4) is 0 Å². The molecule has 0 aromatic carbocycles. The molecule has 0 saturated carbocycles. The summed E-state index contributed by atoms with van der Waals surface area (Å²) >= 11 is 2.48. The van der Waals surface area contributed by atoms with Crippen molar-refractivity contribution in [2.75, 3.05) is 19.3 Å². The molecule has 0 aliphatic carbocycles. The van der Waals surface area contributed by atoms with E-state index in [0.29, 0.717) is 28.5 Å². The number of ketones is 1. The van der Waals surface area contributed by atoms with Crippen molar-refractivity contribution in [2.24, 2.45) is 5.14 Å². The van der Waals surface area contributed by atoms with Crippen LogP contribution >= 0.6 is 23.1 Å². The molecule has 0 spiro atoms. The Hall–Kier alpha value is -1.14. The van der Waals surface area contributed by atoms with E-state index in [0.717, 1.165) is 11.3 Å². The Morgan fingerprint density at radius 1 is 1.46 bits per heavy atom. The number of carbonyl (C=O) groups excluding carboxylic acids is 2. The van der Waals surface area contributed by atoms with Gasteiger partial charge in [-0.1, -0.05) is 6.92 Å². The van der Waals surface area contributed by atoms with Crippen LogP contribution in [0.15, 0.2) is 14.5 Å². The number of likely N-dealkylation sites (N-methyl/N-ethyl adjacent to an activating group) is 1. The molecule has 1 amide bonds. The molecule has 1 aromatic heterocycles. The highest BCUT2D eigenvalue weighted by Crippen LogP contribution is 2.39. The van der Waals surface area contributed by atoms with Crippen LogP contribution in [0.2, 0.25) is 0 Å². The number of rotatable bonds is 6. The maximum atomic E-state index is 12.9. The van der Waals surface area contributed by atoms with Crippen molar-refractivity contribution in [3.63, 3.8) is 0 Å². The van der Waals surface area contributed by atoms with Gasteiger partial charge < -0.3 is 10.1 Å². The van der Waals surface area contributed by atoms with Gasteiger partial charge in [-0.05, 0) is 40.3 Å². The zero-order valence-corrected chi connectivity index (χ0v) is 19.1. The van der Waals surface area contributed by atoms with E-state index in [1.807, 2.05) is 18.9 Å². The van der Waals surface area contributed by atoms with Crippen molar-refractivity contribution in [1.82, 2.24) is 10.2 Å². The number of ether oxygens (including phenoxy) is 1.